The molecule has 0 unspecified atom stereocenters. The lowest BCUT2D eigenvalue weighted by atomic mass is 9.84. The number of hydrogen-bond donors (Lipinski definition) is 0. The zero-order chi connectivity index (χ0) is 22.4. The smallest absolute Gasteiger partial charge is 0.484 e. The van der Waals surface area contributed by atoms with Crippen molar-refractivity contribution in [1.29, 1.82) is 0 Å². The number of nitro benzene ring substituents is 1. The van der Waals surface area contributed by atoms with Gasteiger partial charge in [0.1, 0.15) is 5.75 Å². The van der Waals surface area contributed by atoms with Crippen LogP contribution in [0.15, 0.2) is 42.5 Å². The molecule has 0 saturated heterocycles. The average Bonchev–Trinajstić information content (AvgIpc) is 2.73. The Bertz CT molecular complexity index is 875. The molecule has 1 fully saturated rings. The molecule has 168 valence electrons. The van der Waals surface area contributed by atoms with Crippen LogP contribution in [-0.2, 0) is 0 Å². The van der Waals surface area contributed by atoms with Crippen LogP contribution in [0, 0.1) is 16.0 Å². The molecule has 2 aromatic carbocycles. The quantitative estimate of drug-likeness (QED) is 0.321. The lowest BCUT2D eigenvalue weighted by molar-refractivity contribution is -0.386. The highest BCUT2D eigenvalue weighted by molar-refractivity contribution is 5.69. The number of nitrogens with zero attached hydrogens (tertiary/aromatic N) is 1. The maximum Gasteiger partial charge on any atom is 0.573 e. The van der Waals surface area contributed by atoms with Crippen LogP contribution in [0.3, 0.4) is 0 Å². The van der Waals surface area contributed by atoms with E-state index < -0.39 is 11.3 Å². The highest BCUT2D eigenvalue weighted by Crippen LogP contribution is 2.37. The summed E-state index contributed by atoms with van der Waals surface area (Å²) >= 11 is 0. The van der Waals surface area contributed by atoms with Crippen LogP contribution in [0.5, 0.6) is 11.5 Å². The molecule has 0 N–H and O–H groups in total. The second-order valence-corrected chi connectivity index (χ2v) is 7.91. The van der Waals surface area contributed by atoms with Gasteiger partial charge in [-0.25, -0.2) is 0 Å². The molecule has 0 spiro atoms. The van der Waals surface area contributed by atoms with Gasteiger partial charge in [0.15, 0.2) is 5.75 Å². The van der Waals surface area contributed by atoms with Gasteiger partial charge in [-0.15, -0.1) is 13.2 Å². The molecule has 1 saturated carbocycles. The summed E-state index contributed by atoms with van der Waals surface area (Å²) < 4.78 is 46.8. The fraction of sp³-hybridized carbons (Fsp3) is 0.478. The topological polar surface area (TPSA) is 61.6 Å². The lowest BCUT2D eigenvalue weighted by Gasteiger charge is -2.28. The van der Waals surface area contributed by atoms with Gasteiger partial charge < -0.3 is 9.47 Å². The number of rotatable bonds is 8. The van der Waals surface area contributed by atoms with Crippen LogP contribution in [-0.4, -0.2) is 17.4 Å². The molecule has 0 aliphatic heterocycles. The van der Waals surface area contributed by atoms with Crippen LogP contribution < -0.4 is 9.47 Å². The minimum Gasteiger partial charge on any atom is -0.484 e. The van der Waals surface area contributed by atoms with Gasteiger partial charge in [-0.05, 0) is 60.9 Å². The number of benzene rings is 2. The second-order valence-electron chi connectivity index (χ2n) is 7.91. The molecular formula is C23H26F3NO4. The van der Waals surface area contributed by atoms with Crippen molar-refractivity contribution in [2.45, 2.75) is 64.3 Å². The number of halogens is 3. The Hall–Kier alpha value is -2.77. The number of alkyl halides is 3. The third kappa shape index (κ3) is 6.60. The van der Waals surface area contributed by atoms with E-state index in [1.165, 1.54) is 49.6 Å². The zero-order valence-electron chi connectivity index (χ0n) is 17.4. The predicted molar refractivity (Wildman–Crippen MR) is 111 cm³/mol. The zero-order valence-corrected chi connectivity index (χ0v) is 17.4. The van der Waals surface area contributed by atoms with Crippen molar-refractivity contribution in [3.63, 3.8) is 0 Å². The summed E-state index contributed by atoms with van der Waals surface area (Å²) in [7, 11) is 0. The van der Waals surface area contributed by atoms with E-state index in [0.29, 0.717) is 17.0 Å². The van der Waals surface area contributed by atoms with Crippen molar-refractivity contribution in [2.75, 3.05) is 0 Å². The van der Waals surface area contributed by atoms with E-state index >= 15 is 0 Å². The molecule has 0 heterocycles. The molecule has 2 aromatic rings. The molecule has 5 nitrogen and oxygen atoms in total. The standard InChI is InChI=1S/C23H26F3NO4/c1-2-3-4-16-5-10-19(11-6-16)30-22-14-9-18(15-21(22)27(28)29)17-7-12-20(13-8-17)31-23(24,25)26/h7-9,12-16,19H,2-6,10-11H2,1H3. The molecule has 0 radical (unpaired) electrons. The van der Waals surface area contributed by atoms with Crippen molar-refractivity contribution in [2.24, 2.45) is 5.92 Å². The largest absolute Gasteiger partial charge is 0.573 e. The highest BCUT2D eigenvalue weighted by atomic mass is 19.4. The minimum atomic E-state index is -4.77. The van der Waals surface area contributed by atoms with E-state index in [1.807, 2.05) is 0 Å². The highest BCUT2D eigenvalue weighted by Gasteiger charge is 2.31. The maximum atomic E-state index is 12.3. The predicted octanol–water partition coefficient (Wildman–Crippen LogP) is 7.29. The molecule has 0 amide bonds. The summed E-state index contributed by atoms with van der Waals surface area (Å²) in [5, 5.41) is 11.6. The summed E-state index contributed by atoms with van der Waals surface area (Å²) in [4.78, 5) is 11.1. The van der Waals surface area contributed by atoms with Crippen molar-refractivity contribution in [1.82, 2.24) is 0 Å². The fourth-order valence-electron chi connectivity index (χ4n) is 4.00. The van der Waals surface area contributed by atoms with Gasteiger partial charge in [-0.3, -0.25) is 10.1 Å². The Labute approximate surface area is 179 Å². The third-order valence-corrected chi connectivity index (χ3v) is 5.63. The van der Waals surface area contributed by atoms with Crippen LogP contribution >= 0.6 is 0 Å². The van der Waals surface area contributed by atoms with E-state index in [2.05, 4.69) is 11.7 Å². The number of ether oxygens (including phenoxy) is 2. The Morgan fingerprint density at radius 1 is 1.03 bits per heavy atom. The molecule has 0 bridgehead atoms. The summed E-state index contributed by atoms with van der Waals surface area (Å²) in [5.41, 5.74) is 0.905. The van der Waals surface area contributed by atoms with Gasteiger partial charge in [0.2, 0.25) is 0 Å². The Balaban J connectivity index is 1.70. The van der Waals surface area contributed by atoms with Gasteiger partial charge in [-0.2, -0.15) is 0 Å². The molecule has 0 atom stereocenters. The van der Waals surface area contributed by atoms with E-state index in [0.717, 1.165) is 25.7 Å². The van der Waals surface area contributed by atoms with Crippen molar-refractivity contribution in [3.8, 4) is 22.6 Å². The van der Waals surface area contributed by atoms with Gasteiger partial charge in [-0.1, -0.05) is 44.4 Å². The fourth-order valence-corrected chi connectivity index (χ4v) is 4.00. The van der Waals surface area contributed by atoms with Gasteiger partial charge in [0, 0.05) is 6.07 Å². The third-order valence-electron chi connectivity index (χ3n) is 5.63. The minimum absolute atomic E-state index is 0.0405. The van der Waals surface area contributed by atoms with Gasteiger partial charge in [0.25, 0.3) is 0 Å². The molecular weight excluding hydrogens is 411 g/mol. The number of unbranched alkanes of at least 4 members (excludes halogenated alkanes) is 1. The summed E-state index contributed by atoms with van der Waals surface area (Å²) in [5.74, 6) is 0.587. The van der Waals surface area contributed by atoms with E-state index in [4.69, 9.17) is 4.74 Å². The van der Waals surface area contributed by atoms with Crippen LogP contribution in [0.1, 0.15) is 51.9 Å². The molecule has 3 rings (SSSR count). The summed E-state index contributed by atoms with van der Waals surface area (Å²) in [6.07, 6.45) is 2.74. The van der Waals surface area contributed by atoms with Crippen LogP contribution in [0.2, 0.25) is 0 Å². The molecule has 31 heavy (non-hydrogen) atoms. The van der Waals surface area contributed by atoms with Crippen LogP contribution in [0.4, 0.5) is 18.9 Å². The Morgan fingerprint density at radius 2 is 1.68 bits per heavy atom. The monoisotopic (exact) mass is 437 g/mol. The molecule has 8 heteroatoms. The number of nitro groups is 1. The van der Waals surface area contributed by atoms with Crippen molar-refractivity contribution in [3.05, 3.63) is 52.6 Å². The van der Waals surface area contributed by atoms with Crippen molar-refractivity contribution < 1.29 is 27.6 Å². The Morgan fingerprint density at radius 3 is 2.26 bits per heavy atom. The first kappa shape index (κ1) is 22.9. The first-order valence-electron chi connectivity index (χ1n) is 10.6. The van der Waals surface area contributed by atoms with E-state index in [-0.39, 0.29) is 23.3 Å². The molecule has 1 aliphatic carbocycles. The average molecular weight is 437 g/mol. The maximum absolute atomic E-state index is 12.3. The molecule has 0 aromatic heterocycles. The first-order chi connectivity index (χ1) is 14.7. The summed E-state index contributed by atoms with van der Waals surface area (Å²) in [6.45, 7) is 2.18. The van der Waals surface area contributed by atoms with E-state index in [9.17, 15) is 23.3 Å². The van der Waals surface area contributed by atoms with Gasteiger partial charge >= 0.3 is 12.0 Å². The van der Waals surface area contributed by atoms with Crippen LogP contribution in [0.25, 0.3) is 11.1 Å². The normalized spacial score (nSPS) is 19.1. The lowest BCUT2D eigenvalue weighted by Crippen LogP contribution is -2.24. The molecule has 1 aliphatic rings. The SMILES string of the molecule is CCCCC1CCC(Oc2ccc(-c3ccc(OC(F)(F)F)cc3)cc2[N+](=O)[O-])CC1. The first-order valence-corrected chi connectivity index (χ1v) is 10.6. The van der Waals surface area contributed by atoms with Crippen molar-refractivity contribution >= 4 is 5.69 Å². The second kappa shape index (κ2) is 10.0. The van der Waals surface area contributed by atoms with E-state index in [1.54, 1.807) is 12.1 Å². The van der Waals surface area contributed by atoms with Gasteiger partial charge in [0.05, 0.1) is 11.0 Å². The number of hydrogen-bond acceptors (Lipinski definition) is 4. The Kier molecular flexibility index (Phi) is 7.41. The summed E-state index contributed by atoms with van der Waals surface area (Å²) in [6, 6.07) is 9.84.